The third-order valence-corrected chi connectivity index (χ3v) is 4.90. The molecule has 0 aromatic heterocycles. The molecule has 1 aliphatic heterocycles. The van der Waals surface area contributed by atoms with E-state index in [1.807, 2.05) is 6.07 Å². The minimum Gasteiger partial charge on any atom is -0.398 e. The van der Waals surface area contributed by atoms with Crippen molar-refractivity contribution in [3.63, 3.8) is 0 Å². The Kier molecular flexibility index (Phi) is 5.17. The van der Waals surface area contributed by atoms with Crippen molar-refractivity contribution in [3.05, 3.63) is 27.7 Å². The van der Waals surface area contributed by atoms with Gasteiger partial charge in [0.2, 0.25) is 0 Å². The highest BCUT2D eigenvalue weighted by Crippen LogP contribution is 2.36. The third-order valence-electron chi connectivity index (χ3n) is 4.24. The molecule has 1 aliphatic rings. The maximum atomic E-state index is 12.6. The van der Waals surface area contributed by atoms with Gasteiger partial charge in [0.1, 0.15) is 0 Å². The van der Waals surface area contributed by atoms with E-state index >= 15 is 0 Å². The highest BCUT2D eigenvalue weighted by molar-refractivity contribution is 9.10. The van der Waals surface area contributed by atoms with Crippen LogP contribution in [-0.2, 0) is 5.41 Å². The number of carbonyl (C=O) groups is 1. The maximum Gasteiger partial charge on any atom is 0.253 e. The summed E-state index contributed by atoms with van der Waals surface area (Å²) in [6.07, 6.45) is 1.98. The number of likely N-dealkylation sites (tertiary alicyclic amines) is 1. The number of rotatable bonds is 2. The van der Waals surface area contributed by atoms with Gasteiger partial charge in [-0.1, -0.05) is 36.7 Å². The van der Waals surface area contributed by atoms with Crippen LogP contribution in [0.3, 0.4) is 0 Å². The fraction of sp³-hybridized carbons (Fsp3) is 0.588. The Hall–Kier alpha value is -1.07. The molecule has 1 aromatic rings. The van der Waals surface area contributed by atoms with Gasteiger partial charge in [0.15, 0.2) is 0 Å². The van der Waals surface area contributed by atoms with E-state index in [0.29, 0.717) is 11.3 Å². The van der Waals surface area contributed by atoms with E-state index in [2.05, 4.69) is 54.0 Å². The van der Waals surface area contributed by atoms with E-state index < -0.39 is 0 Å². The van der Waals surface area contributed by atoms with E-state index in [0.717, 1.165) is 36.0 Å². The lowest BCUT2D eigenvalue weighted by Crippen LogP contribution is -2.43. The number of piperidine rings is 1. The first kappa shape index (κ1) is 17.3. The predicted octanol–water partition coefficient (Wildman–Crippen LogP) is 3.15. The fourth-order valence-electron chi connectivity index (χ4n) is 2.97. The molecule has 22 heavy (non-hydrogen) atoms. The summed E-state index contributed by atoms with van der Waals surface area (Å²) in [6, 6.07) is 3.96. The first-order valence-electron chi connectivity index (χ1n) is 7.78. The molecule has 5 heteroatoms. The second kappa shape index (κ2) is 6.59. The zero-order chi connectivity index (χ0) is 16.5. The molecule has 0 spiro atoms. The summed E-state index contributed by atoms with van der Waals surface area (Å²) in [5, 5.41) is 3.13. The number of nitrogens with two attached hydrogens (primary N) is 1. The van der Waals surface area contributed by atoms with Crippen LogP contribution >= 0.6 is 15.9 Å². The zero-order valence-corrected chi connectivity index (χ0v) is 15.5. The van der Waals surface area contributed by atoms with Gasteiger partial charge in [-0.2, -0.15) is 0 Å². The van der Waals surface area contributed by atoms with Crippen molar-refractivity contribution in [1.82, 2.24) is 10.2 Å². The van der Waals surface area contributed by atoms with Gasteiger partial charge in [0, 0.05) is 16.2 Å². The Morgan fingerprint density at radius 3 is 2.45 bits per heavy atom. The van der Waals surface area contributed by atoms with E-state index in [1.54, 1.807) is 6.07 Å². The van der Waals surface area contributed by atoms with Gasteiger partial charge < -0.3 is 16.0 Å². The lowest BCUT2D eigenvalue weighted by molar-refractivity contribution is 0.0917. The van der Waals surface area contributed by atoms with Gasteiger partial charge in [0.25, 0.3) is 5.91 Å². The van der Waals surface area contributed by atoms with Gasteiger partial charge in [-0.25, -0.2) is 0 Å². The second-order valence-corrected chi connectivity index (χ2v) is 8.04. The number of hydrogen-bond donors (Lipinski definition) is 2. The van der Waals surface area contributed by atoms with Gasteiger partial charge >= 0.3 is 0 Å². The molecule has 1 amide bonds. The van der Waals surface area contributed by atoms with E-state index in [-0.39, 0.29) is 17.4 Å². The van der Waals surface area contributed by atoms with E-state index in [1.165, 1.54) is 0 Å². The van der Waals surface area contributed by atoms with Crippen LogP contribution in [0.1, 0.15) is 49.5 Å². The van der Waals surface area contributed by atoms with Crippen LogP contribution in [0.25, 0.3) is 0 Å². The summed E-state index contributed by atoms with van der Waals surface area (Å²) < 4.78 is 0.952. The average molecular weight is 368 g/mol. The molecular formula is C17H26BrN3O. The number of nitrogens with one attached hydrogen (secondary N) is 1. The summed E-state index contributed by atoms with van der Waals surface area (Å²) in [6.45, 7) is 8.34. The van der Waals surface area contributed by atoms with Crippen molar-refractivity contribution in [3.8, 4) is 0 Å². The van der Waals surface area contributed by atoms with Crippen LogP contribution in [0.5, 0.6) is 0 Å². The van der Waals surface area contributed by atoms with Gasteiger partial charge in [-0.05, 0) is 56.1 Å². The van der Waals surface area contributed by atoms with Crippen molar-refractivity contribution in [2.45, 2.75) is 45.1 Å². The minimum atomic E-state index is -0.118. The maximum absolute atomic E-state index is 12.6. The Balaban J connectivity index is 2.20. The minimum absolute atomic E-state index is 0.0648. The molecule has 3 N–H and O–H groups in total. The molecule has 1 fully saturated rings. The molecule has 1 heterocycles. The number of carbonyl (C=O) groups excluding carboxylic acids is 1. The molecule has 0 radical (unpaired) electrons. The molecule has 0 aliphatic carbocycles. The Bertz CT molecular complexity index is 558. The van der Waals surface area contributed by atoms with Crippen LogP contribution in [0, 0.1) is 0 Å². The number of hydrogen-bond acceptors (Lipinski definition) is 3. The average Bonchev–Trinajstić information content (AvgIpc) is 2.39. The summed E-state index contributed by atoms with van der Waals surface area (Å²) in [7, 11) is 2.11. The van der Waals surface area contributed by atoms with Crippen LogP contribution in [0.4, 0.5) is 5.69 Å². The molecule has 1 aromatic carbocycles. The number of nitrogen functional groups attached to an aromatic ring is 1. The summed E-state index contributed by atoms with van der Waals surface area (Å²) in [5.74, 6) is -0.0648. The third kappa shape index (κ3) is 3.82. The topological polar surface area (TPSA) is 58.4 Å². The first-order chi connectivity index (χ1) is 10.2. The lowest BCUT2D eigenvalue weighted by atomic mass is 9.84. The van der Waals surface area contributed by atoms with E-state index in [9.17, 15) is 4.79 Å². The molecule has 122 valence electrons. The van der Waals surface area contributed by atoms with Gasteiger partial charge in [-0.3, -0.25) is 4.79 Å². The molecule has 0 atom stereocenters. The fourth-order valence-corrected chi connectivity index (χ4v) is 3.91. The Morgan fingerprint density at radius 2 is 1.91 bits per heavy atom. The number of benzene rings is 1. The summed E-state index contributed by atoms with van der Waals surface area (Å²) in [4.78, 5) is 14.9. The van der Waals surface area contributed by atoms with Crippen molar-refractivity contribution in [2.75, 3.05) is 25.9 Å². The molecule has 2 rings (SSSR count). The molecule has 0 unspecified atom stereocenters. The van der Waals surface area contributed by atoms with Gasteiger partial charge in [0.05, 0.1) is 5.56 Å². The highest BCUT2D eigenvalue weighted by Gasteiger charge is 2.25. The molecule has 0 saturated carbocycles. The molecule has 0 bridgehead atoms. The zero-order valence-electron chi connectivity index (χ0n) is 13.9. The van der Waals surface area contributed by atoms with Crippen molar-refractivity contribution in [1.29, 1.82) is 0 Å². The first-order valence-corrected chi connectivity index (χ1v) is 8.57. The van der Waals surface area contributed by atoms with Crippen LogP contribution < -0.4 is 11.1 Å². The normalized spacial score (nSPS) is 17.5. The van der Waals surface area contributed by atoms with Gasteiger partial charge in [-0.15, -0.1) is 0 Å². The lowest BCUT2D eigenvalue weighted by Gasteiger charge is -2.30. The molecule has 1 saturated heterocycles. The summed E-state index contributed by atoms with van der Waals surface area (Å²) in [5.41, 5.74) is 8.32. The number of nitrogens with zero attached hydrogens (tertiary/aromatic N) is 1. The standard InChI is InChI=1S/C17H26BrN3O/c1-17(2,3)14-13(18)6-5-12(15(14)19)16(22)20-11-7-9-21(4)10-8-11/h5-6,11H,7-10,19H2,1-4H3,(H,20,22). The second-order valence-electron chi connectivity index (χ2n) is 7.18. The highest BCUT2D eigenvalue weighted by atomic mass is 79.9. The molecular weight excluding hydrogens is 342 g/mol. The Morgan fingerprint density at radius 1 is 1.32 bits per heavy atom. The van der Waals surface area contributed by atoms with Crippen LogP contribution in [-0.4, -0.2) is 37.0 Å². The number of anilines is 1. The monoisotopic (exact) mass is 367 g/mol. The number of halogens is 1. The van der Waals surface area contributed by atoms with Crippen molar-refractivity contribution < 1.29 is 4.79 Å². The SMILES string of the molecule is CN1CCC(NC(=O)c2ccc(Br)c(C(C)(C)C)c2N)CC1. The Labute approximate surface area is 141 Å². The van der Waals surface area contributed by atoms with Crippen LogP contribution in [0.2, 0.25) is 0 Å². The van der Waals surface area contributed by atoms with Crippen molar-refractivity contribution >= 4 is 27.5 Å². The number of amides is 1. The quantitative estimate of drug-likeness (QED) is 0.789. The smallest absolute Gasteiger partial charge is 0.253 e. The van der Waals surface area contributed by atoms with Crippen molar-refractivity contribution in [2.24, 2.45) is 0 Å². The van der Waals surface area contributed by atoms with E-state index in [4.69, 9.17) is 5.73 Å². The summed E-state index contributed by atoms with van der Waals surface area (Å²) >= 11 is 3.55. The predicted molar refractivity (Wildman–Crippen MR) is 95.2 cm³/mol. The van der Waals surface area contributed by atoms with Crippen LogP contribution in [0.15, 0.2) is 16.6 Å². The molecule has 4 nitrogen and oxygen atoms in total. The largest absolute Gasteiger partial charge is 0.398 e.